The van der Waals surface area contributed by atoms with Gasteiger partial charge in [-0.1, -0.05) is 24.3 Å². The number of nitrogens with zero attached hydrogens (tertiary/aromatic N) is 2. The molecule has 20 heavy (non-hydrogen) atoms. The van der Waals surface area contributed by atoms with Crippen molar-refractivity contribution in [3.05, 3.63) is 58.7 Å². The molecule has 0 aliphatic rings. The van der Waals surface area contributed by atoms with Gasteiger partial charge in [-0.2, -0.15) is 10.2 Å². The summed E-state index contributed by atoms with van der Waals surface area (Å²) in [5.74, 6) is 0. The molecule has 0 spiro atoms. The van der Waals surface area contributed by atoms with Crippen LogP contribution in [-0.2, 0) is 13.1 Å². The molecule has 0 fully saturated rings. The van der Waals surface area contributed by atoms with E-state index in [0.717, 1.165) is 33.6 Å². The quantitative estimate of drug-likeness (QED) is 0.830. The summed E-state index contributed by atoms with van der Waals surface area (Å²) in [5, 5.41) is 8.67. The normalized spacial score (nSPS) is 11.2. The lowest BCUT2D eigenvalue weighted by Crippen LogP contribution is -1.96. The second-order valence-electron chi connectivity index (χ2n) is 4.85. The third-order valence-corrected chi connectivity index (χ3v) is 3.27. The van der Waals surface area contributed by atoms with E-state index >= 15 is 0 Å². The van der Waals surface area contributed by atoms with Crippen molar-refractivity contribution in [2.75, 3.05) is 0 Å². The first kappa shape index (κ1) is 14.4. The summed E-state index contributed by atoms with van der Waals surface area (Å²) in [5.41, 5.74) is 17.3. The summed E-state index contributed by atoms with van der Waals surface area (Å²) in [6, 6.07) is 12.0. The monoisotopic (exact) mass is 268 g/mol. The molecule has 0 saturated carbocycles. The summed E-state index contributed by atoms with van der Waals surface area (Å²) in [4.78, 5) is 0. The highest BCUT2D eigenvalue weighted by atomic mass is 15.1. The summed E-state index contributed by atoms with van der Waals surface area (Å²) >= 11 is 0. The lowest BCUT2D eigenvalue weighted by atomic mass is 10.1. The molecule has 2 aromatic rings. The van der Waals surface area contributed by atoms with E-state index in [2.05, 4.69) is 10.2 Å². The van der Waals surface area contributed by atoms with Crippen LogP contribution in [0, 0.1) is 13.8 Å². The third-order valence-electron chi connectivity index (χ3n) is 3.27. The molecule has 0 unspecified atom stereocenters. The number of hydrogen-bond donors (Lipinski definition) is 2. The number of rotatable bonds is 4. The molecule has 0 radical (unpaired) electrons. The van der Waals surface area contributed by atoms with Crippen LogP contribution >= 0.6 is 0 Å². The van der Waals surface area contributed by atoms with Gasteiger partial charge in [0.1, 0.15) is 0 Å². The van der Waals surface area contributed by atoms with E-state index in [0.29, 0.717) is 13.1 Å². The van der Waals surface area contributed by atoms with Crippen molar-refractivity contribution in [2.24, 2.45) is 21.7 Å². The molecular formula is C16H20N4. The van der Waals surface area contributed by atoms with Crippen LogP contribution in [0.4, 0.5) is 11.4 Å². The molecule has 104 valence electrons. The lowest BCUT2D eigenvalue weighted by Gasteiger charge is -2.04. The Hall–Kier alpha value is -2.04. The van der Waals surface area contributed by atoms with Gasteiger partial charge in [-0.15, -0.1) is 0 Å². The highest BCUT2D eigenvalue weighted by Gasteiger charge is 2.01. The van der Waals surface area contributed by atoms with Gasteiger partial charge in [0.25, 0.3) is 0 Å². The number of benzene rings is 2. The fourth-order valence-corrected chi connectivity index (χ4v) is 1.95. The van der Waals surface area contributed by atoms with E-state index in [1.165, 1.54) is 0 Å². The van der Waals surface area contributed by atoms with Gasteiger partial charge in [0.15, 0.2) is 0 Å². The summed E-state index contributed by atoms with van der Waals surface area (Å²) in [6.07, 6.45) is 0. The van der Waals surface area contributed by atoms with Gasteiger partial charge in [0.2, 0.25) is 0 Å². The zero-order valence-electron chi connectivity index (χ0n) is 11.9. The van der Waals surface area contributed by atoms with Crippen molar-refractivity contribution < 1.29 is 0 Å². The predicted molar refractivity (Wildman–Crippen MR) is 82.3 cm³/mol. The van der Waals surface area contributed by atoms with Crippen LogP contribution in [0.3, 0.4) is 0 Å². The van der Waals surface area contributed by atoms with Crippen molar-refractivity contribution >= 4 is 11.4 Å². The molecular weight excluding hydrogens is 248 g/mol. The highest BCUT2D eigenvalue weighted by Crippen LogP contribution is 2.25. The minimum atomic E-state index is 0.507. The van der Waals surface area contributed by atoms with E-state index < -0.39 is 0 Å². The van der Waals surface area contributed by atoms with Crippen molar-refractivity contribution in [1.29, 1.82) is 0 Å². The second-order valence-corrected chi connectivity index (χ2v) is 4.85. The van der Waals surface area contributed by atoms with Crippen LogP contribution < -0.4 is 11.5 Å². The van der Waals surface area contributed by atoms with Crippen LogP contribution in [0.1, 0.15) is 22.3 Å². The number of aryl methyl sites for hydroxylation is 2. The SMILES string of the molecule is Cc1cc(CN)ccc1N=Nc1cc(CN)ccc1C. The Balaban J connectivity index is 2.29. The van der Waals surface area contributed by atoms with Crippen molar-refractivity contribution in [2.45, 2.75) is 26.9 Å². The zero-order valence-corrected chi connectivity index (χ0v) is 11.9. The topological polar surface area (TPSA) is 76.8 Å². The predicted octanol–water partition coefficient (Wildman–Crippen LogP) is 3.64. The van der Waals surface area contributed by atoms with Crippen molar-refractivity contribution in [3.63, 3.8) is 0 Å². The standard InChI is InChI=1S/C16H20N4/c1-11-3-4-14(10-18)8-16(11)20-19-15-6-5-13(9-17)7-12(15)2/h3-8H,9-10,17-18H2,1-2H3. The van der Waals surface area contributed by atoms with Gasteiger partial charge in [0.05, 0.1) is 11.4 Å². The minimum absolute atomic E-state index is 0.507. The largest absolute Gasteiger partial charge is 0.326 e. The fourth-order valence-electron chi connectivity index (χ4n) is 1.95. The summed E-state index contributed by atoms with van der Waals surface area (Å²) < 4.78 is 0. The number of azo groups is 1. The first-order valence-electron chi connectivity index (χ1n) is 6.65. The van der Waals surface area contributed by atoms with Gasteiger partial charge >= 0.3 is 0 Å². The van der Waals surface area contributed by atoms with Crippen LogP contribution in [0.15, 0.2) is 46.6 Å². The fraction of sp³-hybridized carbons (Fsp3) is 0.250. The van der Waals surface area contributed by atoms with Crippen LogP contribution in [-0.4, -0.2) is 0 Å². The van der Waals surface area contributed by atoms with Gasteiger partial charge in [-0.25, -0.2) is 0 Å². The Morgan fingerprint density at radius 1 is 0.750 bits per heavy atom. The number of nitrogens with two attached hydrogens (primary N) is 2. The Morgan fingerprint density at radius 3 is 2.00 bits per heavy atom. The van der Waals surface area contributed by atoms with Crippen LogP contribution in [0.2, 0.25) is 0 Å². The van der Waals surface area contributed by atoms with E-state index in [1.54, 1.807) is 0 Å². The molecule has 4 nitrogen and oxygen atoms in total. The molecule has 0 atom stereocenters. The second kappa shape index (κ2) is 6.41. The van der Waals surface area contributed by atoms with E-state index in [4.69, 9.17) is 11.5 Å². The highest BCUT2D eigenvalue weighted by molar-refractivity contribution is 5.50. The maximum atomic E-state index is 5.65. The summed E-state index contributed by atoms with van der Waals surface area (Å²) in [7, 11) is 0. The zero-order chi connectivity index (χ0) is 14.5. The molecule has 0 heterocycles. The lowest BCUT2D eigenvalue weighted by molar-refractivity contribution is 1.06. The molecule has 2 aromatic carbocycles. The minimum Gasteiger partial charge on any atom is -0.326 e. The van der Waals surface area contributed by atoms with E-state index in [-0.39, 0.29) is 0 Å². The van der Waals surface area contributed by atoms with Gasteiger partial charge in [-0.3, -0.25) is 0 Å². The van der Waals surface area contributed by atoms with E-state index in [1.807, 2.05) is 50.2 Å². The third kappa shape index (κ3) is 3.29. The van der Waals surface area contributed by atoms with Crippen LogP contribution in [0.25, 0.3) is 0 Å². The van der Waals surface area contributed by atoms with E-state index in [9.17, 15) is 0 Å². The molecule has 0 amide bonds. The Labute approximate surface area is 119 Å². The average molecular weight is 268 g/mol. The summed E-state index contributed by atoms with van der Waals surface area (Å²) in [6.45, 7) is 5.07. The van der Waals surface area contributed by atoms with Gasteiger partial charge in [-0.05, 0) is 48.2 Å². The van der Waals surface area contributed by atoms with Gasteiger partial charge in [0, 0.05) is 13.1 Å². The Bertz CT molecular complexity index is 632. The van der Waals surface area contributed by atoms with Crippen molar-refractivity contribution in [1.82, 2.24) is 0 Å². The maximum absolute atomic E-state index is 5.65. The first-order valence-corrected chi connectivity index (χ1v) is 6.65. The molecule has 4 N–H and O–H groups in total. The number of hydrogen-bond acceptors (Lipinski definition) is 4. The molecule has 0 aliphatic carbocycles. The molecule has 0 bridgehead atoms. The van der Waals surface area contributed by atoms with Crippen LogP contribution in [0.5, 0.6) is 0 Å². The maximum Gasteiger partial charge on any atom is 0.0889 e. The molecule has 0 saturated heterocycles. The molecule has 2 rings (SSSR count). The Morgan fingerprint density at radius 2 is 1.35 bits per heavy atom. The molecule has 4 heteroatoms. The first-order chi connectivity index (χ1) is 9.63. The average Bonchev–Trinajstić information content (AvgIpc) is 2.47. The molecule has 0 aromatic heterocycles. The van der Waals surface area contributed by atoms with Crippen molar-refractivity contribution in [3.8, 4) is 0 Å². The Kier molecular flexibility index (Phi) is 4.61. The van der Waals surface area contributed by atoms with Gasteiger partial charge < -0.3 is 11.5 Å². The molecule has 0 aliphatic heterocycles. The smallest absolute Gasteiger partial charge is 0.0889 e.